The number of ether oxygens (including phenoxy) is 1. The Morgan fingerprint density at radius 1 is 0.889 bits per heavy atom. The normalized spacial score (nSPS) is 10.7. The number of carbonyl (C=O) groups excluding carboxylic acids is 1. The fourth-order valence-electron chi connectivity index (χ4n) is 2.60. The lowest BCUT2D eigenvalue weighted by atomic mass is 10.1. The van der Waals surface area contributed by atoms with Crippen molar-refractivity contribution < 1.29 is 9.53 Å². The van der Waals surface area contributed by atoms with Crippen LogP contribution in [0.5, 0.6) is 5.75 Å². The number of amides is 1. The molecule has 3 aromatic carbocycles. The molecule has 0 unspecified atom stereocenters. The molecule has 0 bridgehead atoms. The van der Waals surface area contributed by atoms with E-state index in [0.29, 0.717) is 6.61 Å². The second-order valence-electron chi connectivity index (χ2n) is 6.22. The largest absolute Gasteiger partial charge is 0.489 e. The van der Waals surface area contributed by atoms with Gasteiger partial charge in [-0.25, -0.2) is 0 Å². The number of aryl methyl sites for hydroxylation is 1. The molecule has 0 aliphatic heterocycles. The standard InChI is InChI=1S/C24H23NO2/c1-2-19-8-13-22(14-9-19)25-24(26)17-12-20-10-15-23(16-11-20)27-18-21-6-4-3-5-7-21/h3-17H,2,18H2,1H3,(H,25,26). The van der Waals surface area contributed by atoms with Crippen molar-refractivity contribution in [2.75, 3.05) is 5.32 Å². The molecule has 3 nitrogen and oxygen atoms in total. The Morgan fingerprint density at radius 2 is 1.59 bits per heavy atom. The van der Waals surface area contributed by atoms with Crippen molar-refractivity contribution in [1.29, 1.82) is 0 Å². The maximum atomic E-state index is 12.0. The highest BCUT2D eigenvalue weighted by Crippen LogP contribution is 2.15. The van der Waals surface area contributed by atoms with Gasteiger partial charge >= 0.3 is 0 Å². The Bertz CT molecular complexity index is 882. The molecule has 136 valence electrons. The summed E-state index contributed by atoms with van der Waals surface area (Å²) in [6.45, 7) is 2.64. The van der Waals surface area contributed by atoms with Crippen molar-refractivity contribution in [1.82, 2.24) is 0 Å². The molecule has 27 heavy (non-hydrogen) atoms. The third kappa shape index (κ3) is 5.86. The van der Waals surface area contributed by atoms with Crippen molar-refractivity contribution >= 4 is 17.7 Å². The number of anilines is 1. The van der Waals surface area contributed by atoms with E-state index >= 15 is 0 Å². The molecule has 0 aliphatic carbocycles. The van der Waals surface area contributed by atoms with Crippen LogP contribution in [0.2, 0.25) is 0 Å². The number of nitrogens with one attached hydrogen (secondary N) is 1. The number of rotatable bonds is 7. The van der Waals surface area contributed by atoms with E-state index in [1.165, 1.54) is 11.6 Å². The van der Waals surface area contributed by atoms with Gasteiger partial charge in [-0.2, -0.15) is 0 Å². The Labute approximate surface area is 160 Å². The zero-order valence-corrected chi connectivity index (χ0v) is 15.4. The summed E-state index contributed by atoms with van der Waals surface area (Å²) in [6, 6.07) is 25.6. The topological polar surface area (TPSA) is 38.3 Å². The van der Waals surface area contributed by atoms with Crippen LogP contribution in [-0.4, -0.2) is 5.91 Å². The van der Waals surface area contributed by atoms with Gasteiger partial charge in [0.05, 0.1) is 0 Å². The summed E-state index contributed by atoms with van der Waals surface area (Å²) in [5.41, 5.74) is 4.12. The van der Waals surface area contributed by atoms with Gasteiger partial charge in [-0.05, 0) is 53.5 Å². The lowest BCUT2D eigenvalue weighted by Crippen LogP contribution is -2.07. The van der Waals surface area contributed by atoms with Gasteiger partial charge in [0.2, 0.25) is 5.91 Å². The molecule has 0 heterocycles. The van der Waals surface area contributed by atoms with Crippen LogP contribution in [-0.2, 0) is 17.8 Å². The highest BCUT2D eigenvalue weighted by atomic mass is 16.5. The van der Waals surface area contributed by atoms with Crippen LogP contribution in [0.3, 0.4) is 0 Å². The minimum absolute atomic E-state index is 0.149. The lowest BCUT2D eigenvalue weighted by Gasteiger charge is -2.06. The highest BCUT2D eigenvalue weighted by Gasteiger charge is 1.99. The van der Waals surface area contributed by atoms with Crippen LogP contribution in [0.25, 0.3) is 6.08 Å². The molecule has 0 spiro atoms. The van der Waals surface area contributed by atoms with Crippen molar-refractivity contribution in [3.05, 3.63) is 102 Å². The molecular formula is C24H23NO2. The zero-order chi connectivity index (χ0) is 18.9. The van der Waals surface area contributed by atoms with Gasteiger partial charge in [-0.15, -0.1) is 0 Å². The van der Waals surface area contributed by atoms with Gasteiger partial charge in [-0.3, -0.25) is 4.79 Å². The molecule has 0 saturated carbocycles. The summed E-state index contributed by atoms with van der Waals surface area (Å²) >= 11 is 0. The second-order valence-corrected chi connectivity index (χ2v) is 6.22. The fourth-order valence-corrected chi connectivity index (χ4v) is 2.60. The van der Waals surface area contributed by atoms with E-state index in [-0.39, 0.29) is 5.91 Å². The average molecular weight is 357 g/mol. The highest BCUT2D eigenvalue weighted by molar-refractivity contribution is 6.01. The number of carbonyl (C=O) groups is 1. The fraction of sp³-hybridized carbons (Fsp3) is 0.125. The molecule has 0 fully saturated rings. The van der Waals surface area contributed by atoms with Crippen LogP contribution >= 0.6 is 0 Å². The van der Waals surface area contributed by atoms with Gasteiger partial charge in [0, 0.05) is 11.8 Å². The maximum Gasteiger partial charge on any atom is 0.248 e. The van der Waals surface area contributed by atoms with E-state index in [1.807, 2.05) is 78.9 Å². The Kier molecular flexibility index (Phi) is 6.42. The molecule has 0 aromatic heterocycles. The molecule has 3 rings (SSSR count). The minimum atomic E-state index is -0.149. The summed E-state index contributed by atoms with van der Waals surface area (Å²) in [6.07, 6.45) is 4.31. The maximum absolute atomic E-state index is 12.0. The minimum Gasteiger partial charge on any atom is -0.489 e. The van der Waals surface area contributed by atoms with E-state index in [2.05, 4.69) is 12.2 Å². The second kappa shape index (κ2) is 9.39. The summed E-state index contributed by atoms with van der Waals surface area (Å²) in [7, 11) is 0. The molecular weight excluding hydrogens is 334 g/mol. The summed E-state index contributed by atoms with van der Waals surface area (Å²) in [5.74, 6) is 0.653. The van der Waals surface area contributed by atoms with Gasteiger partial charge in [-0.1, -0.05) is 61.5 Å². The van der Waals surface area contributed by atoms with Crippen LogP contribution < -0.4 is 10.1 Å². The Balaban J connectivity index is 1.51. The van der Waals surface area contributed by atoms with E-state index < -0.39 is 0 Å². The SMILES string of the molecule is CCc1ccc(NC(=O)C=Cc2ccc(OCc3ccccc3)cc2)cc1. The van der Waals surface area contributed by atoms with Crippen LogP contribution in [0.4, 0.5) is 5.69 Å². The first kappa shape index (κ1) is 18.5. The van der Waals surface area contributed by atoms with Crippen molar-refractivity contribution in [3.8, 4) is 5.75 Å². The van der Waals surface area contributed by atoms with E-state index in [0.717, 1.165) is 29.0 Å². The third-order valence-electron chi connectivity index (χ3n) is 4.19. The first-order valence-corrected chi connectivity index (χ1v) is 9.08. The van der Waals surface area contributed by atoms with Crippen LogP contribution in [0, 0.1) is 0 Å². The predicted molar refractivity (Wildman–Crippen MR) is 111 cm³/mol. The van der Waals surface area contributed by atoms with Crippen molar-refractivity contribution in [3.63, 3.8) is 0 Å². The summed E-state index contributed by atoms with van der Waals surface area (Å²) < 4.78 is 5.77. The molecule has 3 heteroatoms. The van der Waals surface area contributed by atoms with Crippen LogP contribution in [0.15, 0.2) is 84.9 Å². The monoisotopic (exact) mass is 357 g/mol. The quantitative estimate of drug-likeness (QED) is 0.569. The lowest BCUT2D eigenvalue weighted by molar-refractivity contribution is -0.111. The molecule has 0 aliphatic rings. The first-order chi connectivity index (χ1) is 13.2. The zero-order valence-electron chi connectivity index (χ0n) is 15.4. The summed E-state index contributed by atoms with van der Waals surface area (Å²) in [4.78, 5) is 12.0. The van der Waals surface area contributed by atoms with Crippen LogP contribution in [0.1, 0.15) is 23.6 Å². The van der Waals surface area contributed by atoms with Gasteiger partial charge < -0.3 is 10.1 Å². The molecule has 1 amide bonds. The van der Waals surface area contributed by atoms with Gasteiger partial charge in [0.1, 0.15) is 12.4 Å². The number of benzene rings is 3. The van der Waals surface area contributed by atoms with E-state index in [9.17, 15) is 4.79 Å². The van der Waals surface area contributed by atoms with E-state index in [1.54, 1.807) is 6.08 Å². The van der Waals surface area contributed by atoms with Crippen molar-refractivity contribution in [2.24, 2.45) is 0 Å². The number of hydrogen-bond acceptors (Lipinski definition) is 2. The van der Waals surface area contributed by atoms with E-state index in [4.69, 9.17) is 4.74 Å². The molecule has 3 aromatic rings. The molecule has 0 radical (unpaired) electrons. The Hall–Kier alpha value is -3.33. The Morgan fingerprint density at radius 3 is 2.26 bits per heavy atom. The van der Waals surface area contributed by atoms with Gasteiger partial charge in [0.15, 0.2) is 0 Å². The van der Waals surface area contributed by atoms with Crippen molar-refractivity contribution in [2.45, 2.75) is 20.0 Å². The van der Waals surface area contributed by atoms with Gasteiger partial charge in [0.25, 0.3) is 0 Å². The predicted octanol–water partition coefficient (Wildman–Crippen LogP) is 5.48. The third-order valence-corrected chi connectivity index (χ3v) is 4.19. The smallest absolute Gasteiger partial charge is 0.248 e. The summed E-state index contributed by atoms with van der Waals surface area (Å²) in [5, 5.41) is 2.86. The molecule has 0 atom stereocenters. The molecule has 0 saturated heterocycles. The average Bonchev–Trinajstić information content (AvgIpc) is 2.73. The first-order valence-electron chi connectivity index (χ1n) is 9.08. The molecule has 1 N–H and O–H groups in total. The number of hydrogen-bond donors (Lipinski definition) is 1.